The second-order valence-electron chi connectivity index (χ2n) is 6.32. The fourth-order valence-electron chi connectivity index (χ4n) is 3.62. The molecular formula is C18H19BN3O+. The third kappa shape index (κ3) is 2.07. The maximum Gasteiger partial charge on any atom is 0.399 e. The minimum atomic E-state index is 0.189. The minimum Gasteiger partial charge on any atom is -0.436 e. The van der Waals surface area contributed by atoms with Crippen LogP contribution in [0.3, 0.4) is 0 Å². The molecule has 3 aromatic heterocycles. The highest BCUT2D eigenvalue weighted by atomic mass is 16.3. The normalized spacial score (nSPS) is 14.2. The number of aromatic nitrogens is 2. The average molecular weight is 304 g/mol. The number of hydrogen-bond acceptors (Lipinski definition) is 3. The summed E-state index contributed by atoms with van der Waals surface area (Å²) in [5.74, 6) is 0. The fraction of sp³-hybridized carbons (Fsp3) is 0.222. The van der Waals surface area contributed by atoms with E-state index in [0.717, 1.165) is 10.8 Å². The van der Waals surface area contributed by atoms with Crippen LogP contribution in [0.2, 0.25) is 0 Å². The highest BCUT2D eigenvalue weighted by Gasteiger charge is 2.35. The van der Waals surface area contributed by atoms with E-state index in [1.165, 1.54) is 21.8 Å². The van der Waals surface area contributed by atoms with E-state index in [2.05, 4.69) is 72.9 Å². The van der Waals surface area contributed by atoms with Crippen LogP contribution in [0.5, 0.6) is 0 Å². The zero-order chi connectivity index (χ0) is 16.1. The monoisotopic (exact) mass is 304 g/mol. The molecule has 0 saturated carbocycles. The number of fused-ring (bicyclic) bond motifs is 3. The first-order chi connectivity index (χ1) is 11.1. The predicted molar refractivity (Wildman–Crippen MR) is 92.3 cm³/mol. The maximum absolute atomic E-state index is 5.93. The molecule has 0 atom stereocenters. The second kappa shape index (κ2) is 4.98. The molecule has 1 aliphatic heterocycles. The summed E-state index contributed by atoms with van der Waals surface area (Å²) < 4.78 is 8.14. The molecular weight excluding hydrogens is 285 g/mol. The van der Waals surface area contributed by atoms with E-state index < -0.39 is 0 Å². The van der Waals surface area contributed by atoms with Crippen molar-refractivity contribution in [1.82, 2.24) is 9.79 Å². The van der Waals surface area contributed by atoms with Crippen LogP contribution in [0.15, 0.2) is 41.1 Å². The van der Waals surface area contributed by atoms with Gasteiger partial charge in [0, 0.05) is 28.6 Å². The molecule has 4 rings (SSSR count). The van der Waals surface area contributed by atoms with E-state index in [0.29, 0.717) is 5.71 Å². The predicted octanol–water partition coefficient (Wildman–Crippen LogP) is 0.253. The van der Waals surface area contributed by atoms with Crippen LogP contribution in [0.4, 0.5) is 0 Å². The first kappa shape index (κ1) is 14.1. The van der Waals surface area contributed by atoms with Gasteiger partial charge in [-0.25, -0.2) is 9.55 Å². The van der Waals surface area contributed by atoms with E-state index in [-0.39, 0.29) is 6.85 Å². The van der Waals surface area contributed by atoms with Crippen LogP contribution in [-0.2, 0) is 7.05 Å². The number of aryl methyl sites for hydroxylation is 2. The molecule has 0 bridgehead atoms. The Labute approximate surface area is 135 Å². The summed E-state index contributed by atoms with van der Waals surface area (Å²) in [6, 6.07) is 8.42. The number of hydrogen-bond donors (Lipinski definition) is 0. The molecule has 3 aromatic rings. The molecule has 0 radical (unpaired) electrons. The third-order valence-corrected chi connectivity index (χ3v) is 4.63. The van der Waals surface area contributed by atoms with Crippen LogP contribution in [0, 0.1) is 6.92 Å². The van der Waals surface area contributed by atoms with Crippen LogP contribution in [-0.4, -0.2) is 23.7 Å². The molecule has 23 heavy (non-hydrogen) atoms. The molecule has 0 unspecified atom stereocenters. The fourth-order valence-corrected chi connectivity index (χ4v) is 3.62. The van der Waals surface area contributed by atoms with Crippen molar-refractivity contribution in [3.8, 4) is 0 Å². The van der Waals surface area contributed by atoms with Gasteiger partial charge in [-0.3, -0.25) is 0 Å². The Morgan fingerprint density at radius 2 is 2.04 bits per heavy atom. The van der Waals surface area contributed by atoms with Gasteiger partial charge in [0.05, 0.1) is 0 Å². The van der Waals surface area contributed by atoms with Gasteiger partial charge in [-0.2, -0.15) is 0 Å². The molecule has 0 N–H and O–H groups in total. The van der Waals surface area contributed by atoms with Crippen LogP contribution < -0.4 is 20.8 Å². The summed E-state index contributed by atoms with van der Waals surface area (Å²) in [5.41, 5.74) is 5.40. The van der Waals surface area contributed by atoms with E-state index >= 15 is 0 Å². The van der Waals surface area contributed by atoms with Crippen molar-refractivity contribution in [2.45, 2.75) is 13.8 Å². The minimum absolute atomic E-state index is 0.189. The van der Waals surface area contributed by atoms with Gasteiger partial charge in [0.2, 0.25) is 5.71 Å². The lowest BCUT2D eigenvalue weighted by Crippen LogP contribution is -2.62. The lowest BCUT2D eigenvalue weighted by Gasteiger charge is -2.24. The van der Waals surface area contributed by atoms with Crippen molar-refractivity contribution in [2.24, 2.45) is 7.05 Å². The van der Waals surface area contributed by atoms with Crippen LogP contribution in [0.1, 0.15) is 12.5 Å². The maximum atomic E-state index is 5.93. The number of furan rings is 1. The summed E-state index contributed by atoms with van der Waals surface area (Å²) >= 11 is 0. The number of nitrogens with zero attached hydrogens (tertiary/aromatic N) is 3. The molecule has 5 heteroatoms. The Morgan fingerprint density at radius 3 is 2.83 bits per heavy atom. The Kier molecular flexibility index (Phi) is 3.05. The molecule has 0 spiro atoms. The van der Waals surface area contributed by atoms with Crippen LogP contribution >= 0.6 is 0 Å². The van der Waals surface area contributed by atoms with Crippen molar-refractivity contribution in [2.75, 3.05) is 7.05 Å². The first-order valence-corrected chi connectivity index (χ1v) is 7.80. The highest BCUT2D eigenvalue weighted by molar-refractivity contribution is 6.85. The largest absolute Gasteiger partial charge is 0.436 e. The highest BCUT2D eigenvalue weighted by Crippen LogP contribution is 2.12. The summed E-state index contributed by atoms with van der Waals surface area (Å²) in [5, 5.41) is 2.26. The van der Waals surface area contributed by atoms with Crippen molar-refractivity contribution < 1.29 is 8.98 Å². The van der Waals surface area contributed by atoms with Crippen molar-refractivity contribution in [3.05, 3.63) is 52.9 Å². The summed E-state index contributed by atoms with van der Waals surface area (Å²) in [4.78, 5) is 6.56. The van der Waals surface area contributed by atoms with Crippen LogP contribution in [0.25, 0.3) is 22.8 Å². The van der Waals surface area contributed by atoms with E-state index in [1.807, 2.05) is 6.07 Å². The third-order valence-electron chi connectivity index (χ3n) is 4.63. The summed E-state index contributed by atoms with van der Waals surface area (Å²) in [6.07, 6.45) is 6.02. The standard InChI is InChI=1S/C18H19BN3O/c1-12-7-8-16(21(3)10-12)19-13(2)17-14-6-5-9-20-18(14)23-15(17)11-22(19)4/h5-11H,1-4H3/q+1. The van der Waals surface area contributed by atoms with Gasteiger partial charge < -0.3 is 9.23 Å². The SMILES string of the molecule is CC1=c2c(oc3ncccc23)=CN(C)B1c1ccc(C)c[n+]1C. The Hall–Kier alpha value is -2.56. The quantitative estimate of drug-likeness (QED) is 0.477. The van der Waals surface area contributed by atoms with Gasteiger partial charge in [0.1, 0.15) is 7.05 Å². The first-order valence-electron chi connectivity index (χ1n) is 7.80. The summed E-state index contributed by atoms with van der Waals surface area (Å²) in [7, 11) is 4.20. The average Bonchev–Trinajstić information content (AvgIpc) is 2.87. The van der Waals surface area contributed by atoms with Gasteiger partial charge in [-0.15, -0.1) is 0 Å². The Morgan fingerprint density at radius 1 is 1.22 bits per heavy atom. The van der Waals surface area contributed by atoms with Crippen molar-refractivity contribution in [1.29, 1.82) is 0 Å². The van der Waals surface area contributed by atoms with E-state index in [4.69, 9.17) is 4.42 Å². The molecule has 0 aromatic carbocycles. The number of pyridine rings is 2. The van der Waals surface area contributed by atoms with Gasteiger partial charge in [0.15, 0.2) is 17.2 Å². The molecule has 4 heterocycles. The van der Waals surface area contributed by atoms with E-state index in [9.17, 15) is 0 Å². The second-order valence-corrected chi connectivity index (χ2v) is 6.32. The molecule has 0 fully saturated rings. The Balaban J connectivity index is 2.04. The zero-order valence-corrected chi connectivity index (χ0v) is 13.9. The van der Waals surface area contributed by atoms with E-state index in [1.54, 1.807) is 6.20 Å². The van der Waals surface area contributed by atoms with Gasteiger partial charge in [-0.1, -0.05) is 5.47 Å². The molecule has 0 amide bonds. The summed E-state index contributed by atoms with van der Waals surface area (Å²) in [6.45, 7) is 4.49. The molecule has 0 aliphatic carbocycles. The van der Waals surface area contributed by atoms with Crippen molar-refractivity contribution >= 4 is 35.2 Å². The van der Waals surface area contributed by atoms with Gasteiger partial charge in [0.25, 0.3) is 0 Å². The van der Waals surface area contributed by atoms with Crippen molar-refractivity contribution in [3.63, 3.8) is 0 Å². The van der Waals surface area contributed by atoms with Gasteiger partial charge in [-0.05, 0) is 45.2 Å². The Bertz CT molecular complexity index is 1040. The topological polar surface area (TPSA) is 33.2 Å². The zero-order valence-electron chi connectivity index (χ0n) is 13.9. The molecule has 114 valence electrons. The number of rotatable bonds is 1. The van der Waals surface area contributed by atoms with Gasteiger partial charge >= 0.3 is 6.85 Å². The molecule has 4 nitrogen and oxygen atoms in total. The molecule has 0 saturated heterocycles. The lowest BCUT2D eigenvalue weighted by atomic mass is 9.50. The lowest BCUT2D eigenvalue weighted by molar-refractivity contribution is -0.654. The molecule has 1 aliphatic rings. The smallest absolute Gasteiger partial charge is 0.399 e.